The van der Waals surface area contributed by atoms with Crippen molar-refractivity contribution in [2.75, 3.05) is 17.4 Å². The van der Waals surface area contributed by atoms with Gasteiger partial charge < -0.3 is 20.1 Å². The van der Waals surface area contributed by atoms with E-state index < -0.39 is 0 Å². The molecule has 3 aromatic rings. The third kappa shape index (κ3) is 3.75. The van der Waals surface area contributed by atoms with Gasteiger partial charge in [-0.25, -0.2) is 9.97 Å². The van der Waals surface area contributed by atoms with E-state index in [0.717, 1.165) is 0 Å². The molecule has 0 unspecified atom stereocenters. The molecule has 8 nitrogen and oxygen atoms in total. The minimum Gasteiger partial charge on any atom is -0.454 e. The van der Waals surface area contributed by atoms with Crippen LogP contribution >= 0.6 is 0 Å². The van der Waals surface area contributed by atoms with Crippen molar-refractivity contribution in [3.8, 4) is 11.5 Å². The minimum absolute atomic E-state index is 0.0343. The number of aromatic nitrogens is 2. The summed E-state index contributed by atoms with van der Waals surface area (Å²) in [5, 5.41) is 5.78. The first-order valence-electron chi connectivity index (χ1n) is 8.50. The number of hydrogen-bond acceptors (Lipinski definition) is 7. The molecule has 0 fully saturated rings. The van der Waals surface area contributed by atoms with Crippen molar-refractivity contribution < 1.29 is 19.1 Å². The van der Waals surface area contributed by atoms with Crippen molar-refractivity contribution >= 4 is 29.0 Å². The zero-order chi connectivity index (χ0) is 19.5. The van der Waals surface area contributed by atoms with Gasteiger partial charge in [-0.05, 0) is 49.4 Å². The maximum Gasteiger partial charge on any atom is 0.274 e. The number of carbonyl (C=O) groups is 2. The molecule has 8 heteroatoms. The van der Waals surface area contributed by atoms with Crippen LogP contribution < -0.4 is 20.1 Å². The second kappa shape index (κ2) is 7.36. The topological polar surface area (TPSA) is 102 Å². The van der Waals surface area contributed by atoms with Crippen molar-refractivity contribution in [2.45, 2.75) is 6.92 Å². The summed E-state index contributed by atoms with van der Waals surface area (Å²) in [6, 6.07) is 13.5. The lowest BCUT2D eigenvalue weighted by atomic mass is 10.1. The Balaban J connectivity index is 1.47. The first kappa shape index (κ1) is 17.5. The van der Waals surface area contributed by atoms with Crippen LogP contribution in [0.5, 0.6) is 11.5 Å². The van der Waals surface area contributed by atoms with Crippen LogP contribution in [0.4, 0.5) is 17.3 Å². The smallest absolute Gasteiger partial charge is 0.274 e. The summed E-state index contributed by atoms with van der Waals surface area (Å²) >= 11 is 0. The molecule has 28 heavy (non-hydrogen) atoms. The van der Waals surface area contributed by atoms with Gasteiger partial charge in [-0.2, -0.15) is 0 Å². The predicted molar refractivity (Wildman–Crippen MR) is 102 cm³/mol. The quantitative estimate of drug-likeness (QED) is 0.658. The van der Waals surface area contributed by atoms with Gasteiger partial charge in [-0.1, -0.05) is 0 Å². The molecule has 4 rings (SSSR count). The monoisotopic (exact) mass is 376 g/mol. The number of nitrogens with one attached hydrogen (secondary N) is 2. The number of benzene rings is 2. The lowest BCUT2D eigenvalue weighted by molar-refractivity contribution is 0.101. The Morgan fingerprint density at radius 1 is 0.964 bits per heavy atom. The maximum atomic E-state index is 12.5. The first-order chi connectivity index (χ1) is 13.6. The number of ketones is 1. The molecule has 1 aliphatic rings. The van der Waals surface area contributed by atoms with Crippen molar-refractivity contribution in [1.29, 1.82) is 0 Å². The van der Waals surface area contributed by atoms with Gasteiger partial charge in [0, 0.05) is 29.2 Å². The van der Waals surface area contributed by atoms with Crippen LogP contribution in [0.1, 0.15) is 27.8 Å². The molecule has 1 aromatic heterocycles. The molecule has 0 saturated carbocycles. The Kier molecular flexibility index (Phi) is 4.59. The van der Waals surface area contributed by atoms with E-state index in [-0.39, 0.29) is 30.1 Å². The highest BCUT2D eigenvalue weighted by molar-refractivity contribution is 6.03. The highest BCUT2D eigenvalue weighted by Gasteiger charge is 2.14. The number of nitrogens with zero attached hydrogens (tertiary/aromatic N) is 2. The van der Waals surface area contributed by atoms with Crippen molar-refractivity contribution in [3.05, 3.63) is 66.0 Å². The van der Waals surface area contributed by atoms with E-state index in [2.05, 4.69) is 20.6 Å². The molecule has 0 radical (unpaired) electrons. The Labute approximate surface area is 160 Å². The van der Waals surface area contributed by atoms with Gasteiger partial charge >= 0.3 is 0 Å². The largest absolute Gasteiger partial charge is 0.454 e. The fraction of sp³-hybridized carbons (Fsp3) is 0.100. The van der Waals surface area contributed by atoms with Gasteiger partial charge in [0.25, 0.3) is 5.91 Å². The fourth-order valence-electron chi connectivity index (χ4n) is 2.63. The fourth-order valence-corrected chi connectivity index (χ4v) is 2.63. The van der Waals surface area contributed by atoms with E-state index in [9.17, 15) is 9.59 Å². The van der Waals surface area contributed by atoms with E-state index >= 15 is 0 Å². The molecule has 1 amide bonds. The van der Waals surface area contributed by atoms with Crippen LogP contribution in [0.25, 0.3) is 0 Å². The number of carbonyl (C=O) groups excluding carboxylic acids is 2. The summed E-state index contributed by atoms with van der Waals surface area (Å²) in [6.07, 6.45) is 1.50. The number of Topliss-reactive ketones (excluding diaryl/α,β-unsaturated/α-hetero) is 1. The Morgan fingerprint density at radius 2 is 1.71 bits per heavy atom. The van der Waals surface area contributed by atoms with Gasteiger partial charge in [-0.15, -0.1) is 0 Å². The van der Waals surface area contributed by atoms with Crippen LogP contribution in [-0.2, 0) is 0 Å². The Morgan fingerprint density at radius 3 is 2.50 bits per heavy atom. The standard InChI is InChI=1S/C20H16N4O4/c1-12(25)13-2-4-14(5-3-13)22-19(26)16-8-9-21-20(24-16)23-15-6-7-17-18(10-15)28-11-27-17/h2-10H,11H2,1H3,(H,22,26)(H,21,23,24). The van der Waals surface area contributed by atoms with E-state index in [1.807, 2.05) is 0 Å². The molecular weight excluding hydrogens is 360 g/mol. The highest BCUT2D eigenvalue weighted by atomic mass is 16.7. The van der Waals surface area contributed by atoms with Crippen LogP contribution in [0.3, 0.4) is 0 Å². The summed E-state index contributed by atoms with van der Waals surface area (Å²) in [5.41, 5.74) is 2.06. The second-order valence-electron chi connectivity index (χ2n) is 6.05. The Hall–Kier alpha value is -3.94. The minimum atomic E-state index is -0.383. The second-order valence-corrected chi connectivity index (χ2v) is 6.05. The van der Waals surface area contributed by atoms with E-state index in [0.29, 0.717) is 28.4 Å². The molecule has 0 aliphatic carbocycles. The average molecular weight is 376 g/mol. The number of rotatable bonds is 5. The van der Waals surface area contributed by atoms with Crippen LogP contribution in [0.2, 0.25) is 0 Å². The SMILES string of the molecule is CC(=O)c1ccc(NC(=O)c2ccnc(Nc3ccc4c(c3)OCO4)n2)cc1. The number of fused-ring (bicyclic) bond motifs is 1. The lowest BCUT2D eigenvalue weighted by Gasteiger charge is -2.08. The number of hydrogen-bond donors (Lipinski definition) is 2. The maximum absolute atomic E-state index is 12.5. The first-order valence-corrected chi connectivity index (χ1v) is 8.50. The predicted octanol–water partition coefficient (Wildman–Crippen LogP) is 3.40. The number of anilines is 3. The molecule has 0 saturated heterocycles. The number of amides is 1. The van der Waals surface area contributed by atoms with Gasteiger partial charge in [0.05, 0.1) is 0 Å². The summed E-state index contributed by atoms with van der Waals surface area (Å²) in [6.45, 7) is 1.68. The van der Waals surface area contributed by atoms with Crippen LogP contribution in [0.15, 0.2) is 54.7 Å². The van der Waals surface area contributed by atoms with Gasteiger partial charge in [0.15, 0.2) is 17.3 Å². The molecule has 140 valence electrons. The van der Waals surface area contributed by atoms with Crippen LogP contribution in [0, 0.1) is 0 Å². The molecule has 2 aromatic carbocycles. The summed E-state index contributed by atoms with van der Waals surface area (Å²) in [4.78, 5) is 32.2. The van der Waals surface area contributed by atoms with E-state index in [4.69, 9.17) is 9.47 Å². The molecular formula is C20H16N4O4. The molecule has 0 atom stereocenters. The van der Waals surface area contributed by atoms with Gasteiger partial charge in [0.1, 0.15) is 5.69 Å². The summed E-state index contributed by atoms with van der Waals surface area (Å²) in [7, 11) is 0. The van der Waals surface area contributed by atoms with E-state index in [1.165, 1.54) is 19.2 Å². The molecule has 2 N–H and O–H groups in total. The summed E-state index contributed by atoms with van der Waals surface area (Å²) < 4.78 is 10.6. The Bertz CT molecular complexity index is 1050. The third-order valence-electron chi connectivity index (χ3n) is 4.07. The molecule has 2 heterocycles. The van der Waals surface area contributed by atoms with Crippen molar-refractivity contribution in [2.24, 2.45) is 0 Å². The molecule has 1 aliphatic heterocycles. The normalized spacial score (nSPS) is 11.8. The van der Waals surface area contributed by atoms with Gasteiger partial charge in [-0.3, -0.25) is 9.59 Å². The molecule has 0 bridgehead atoms. The van der Waals surface area contributed by atoms with Crippen molar-refractivity contribution in [1.82, 2.24) is 9.97 Å². The number of ether oxygens (including phenoxy) is 2. The van der Waals surface area contributed by atoms with E-state index in [1.54, 1.807) is 42.5 Å². The lowest BCUT2D eigenvalue weighted by Crippen LogP contribution is -2.14. The van der Waals surface area contributed by atoms with Crippen molar-refractivity contribution in [3.63, 3.8) is 0 Å². The van der Waals surface area contributed by atoms with Gasteiger partial charge in [0.2, 0.25) is 12.7 Å². The summed E-state index contributed by atoms with van der Waals surface area (Å²) in [5.74, 6) is 1.17. The average Bonchev–Trinajstić information content (AvgIpc) is 3.16. The zero-order valence-corrected chi connectivity index (χ0v) is 14.9. The zero-order valence-electron chi connectivity index (χ0n) is 14.9. The molecule has 0 spiro atoms. The highest BCUT2D eigenvalue weighted by Crippen LogP contribution is 2.34. The van der Waals surface area contributed by atoms with Crippen LogP contribution in [-0.4, -0.2) is 28.5 Å². The third-order valence-corrected chi connectivity index (χ3v) is 4.07.